The van der Waals surface area contributed by atoms with Crippen LogP contribution in [0.2, 0.25) is 0 Å². The molecule has 3 aromatic rings. The highest BCUT2D eigenvalue weighted by Crippen LogP contribution is 2.36. The lowest BCUT2D eigenvalue weighted by atomic mass is 10.0. The number of carbonyl (C=O) groups excluding carboxylic acids is 4. The number of carbonyl (C=O) groups is 4. The van der Waals surface area contributed by atoms with Crippen molar-refractivity contribution in [3.8, 4) is 22.5 Å². The van der Waals surface area contributed by atoms with Gasteiger partial charge < -0.3 is 4.90 Å². The summed E-state index contributed by atoms with van der Waals surface area (Å²) in [6.07, 6.45) is 0.911. The van der Waals surface area contributed by atoms with E-state index in [-0.39, 0.29) is 25.1 Å². The lowest BCUT2D eigenvalue weighted by Crippen LogP contribution is -2.54. The van der Waals surface area contributed by atoms with Crippen LogP contribution in [0.1, 0.15) is 30.7 Å². The summed E-state index contributed by atoms with van der Waals surface area (Å²) in [5.74, 6) is -2.13. The Kier molecular flexibility index (Phi) is 6.73. The van der Waals surface area contributed by atoms with Crippen LogP contribution in [-0.4, -0.2) is 59.7 Å². The van der Waals surface area contributed by atoms with E-state index in [4.69, 9.17) is 4.98 Å². The average Bonchev–Trinajstić information content (AvgIpc) is 3.53. The number of amides is 4. The number of hydrogen-bond donors (Lipinski definition) is 0. The molecule has 1 fully saturated rings. The largest absolute Gasteiger partial charge is 0.360 e. The molecule has 6 rings (SSSR count). The third-order valence-corrected chi connectivity index (χ3v) is 8.32. The molecular formula is C27H22FN5O4S2. The minimum absolute atomic E-state index is 0.0193. The van der Waals surface area contributed by atoms with Crippen LogP contribution in [-0.2, 0) is 25.7 Å². The van der Waals surface area contributed by atoms with Gasteiger partial charge in [-0.1, -0.05) is 48.5 Å². The van der Waals surface area contributed by atoms with Crippen molar-refractivity contribution in [1.29, 1.82) is 0 Å². The number of imide groups is 2. The zero-order chi connectivity index (χ0) is 27.1. The van der Waals surface area contributed by atoms with E-state index in [1.807, 2.05) is 59.5 Å². The first-order valence-electron chi connectivity index (χ1n) is 12.5. The number of nitrogens with zero attached hydrogens (tertiary/aromatic N) is 5. The van der Waals surface area contributed by atoms with Crippen molar-refractivity contribution in [2.75, 3.05) is 6.54 Å². The summed E-state index contributed by atoms with van der Waals surface area (Å²) < 4.78 is 18.2. The Labute approximate surface area is 231 Å². The van der Waals surface area contributed by atoms with Gasteiger partial charge in [-0.2, -0.15) is 8.68 Å². The Morgan fingerprint density at radius 2 is 1.72 bits per heavy atom. The lowest BCUT2D eigenvalue weighted by Gasteiger charge is -2.32. The van der Waals surface area contributed by atoms with Gasteiger partial charge in [0, 0.05) is 24.1 Å². The van der Waals surface area contributed by atoms with Gasteiger partial charge in [-0.3, -0.25) is 24.1 Å². The molecule has 2 aromatic carbocycles. The number of benzene rings is 2. The van der Waals surface area contributed by atoms with E-state index in [1.165, 1.54) is 11.5 Å². The molecule has 1 unspecified atom stereocenters. The molecule has 0 radical (unpaired) electrons. The molecule has 198 valence electrons. The Morgan fingerprint density at radius 3 is 2.51 bits per heavy atom. The Balaban J connectivity index is 1.22. The molecule has 1 atom stereocenters. The van der Waals surface area contributed by atoms with E-state index in [2.05, 4.69) is 4.37 Å². The molecule has 4 heterocycles. The molecule has 4 amide bonds. The van der Waals surface area contributed by atoms with Gasteiger partial charge in [0.1, 0.15) is 16.7 Å². The smallest absolute Gasteiger partial charge is 0.278 e. The zero-order valence-corrected chi connectivity index (χ0v) is 22.2. The molecule has 9 nitrogen and oxygen atoms in total. The number of halogens is 1. The molecule has 0 saturated carbocycles. The van der Waals surface area contributed by atoms with Gasteiger partial charge >= 0.3 is 0 Å². The predicted octanol–water partition coefficient (Wildman–Crippen LogP) is 4.14. The second kappa shape index (κ2) is 10.3. The molecule has 3 aliphatic heterocycles. The molecular weight excluding hydrogens is 541 g/mol. The SMILES string of the molecule is O=C1CCC(N2C(=O)C3=C(C2=O)N(Cc2nc(-c4cccc(-c5ccccc5)c4)ns2)CCC3)C(=O)N1SF. The summed E-state index contributed by atoms with van der Waals surface area (Å²) in [4.78, 5) is 58.8. The van der Waals surface area contributed by atoms with Gasteiger partial charge in [0.15, 0.2) is 18.2 Å². The number of piperidine rings is 1. The van der Waals surface area contributed by atoms with Gasteiger partial charge in [-0.15, -0.1) is 3.89 Å². The fraction of sp³-hybridized carbons (Fsp3) is 0.259. The maximum atomic E-state index is 13.5. The molecule has 0 spiro atoms. The van der Waals surface area contributed by atoms with Crippen molar-refractivity contribution >= 4 is 47.5 Å². The summed E-state index contributed by atoms with van der Waals surface area (Å²) in [6, 6.07) is 16.8. The van der Waals surface area contributed by atoms with Gasteiger partial charge in [-0.05, 0) is 48.0 Å². The fourth-order valence-corrected chi connectivity index (χ4v) is 6.29. The summed E-state index contributed by atoms with van der Waals surface area (Å²) in [5.41, 5.74) is 3.60. The number of aromatic nitrogens is 2. The summed E-state index contributed by atoms with van der Waals surface area (Å²) >= 11 is 0.733. The second-order valence-corrected chi connectivity index (χ2v) is 10.8. The monoisotopic (exact) mass is 563 g/mol. The number of hydrogen-bond acceptors (Lipinski definition) is 9. The highest BCUT2D eigenvalue weighted by molar-refractivity contribution is 7.93. The molecule has 12 heteroatoms. The molecule has 3 aliphatic rings. The first-order valence-corrected chi connectivity index (χ1v) is 13.9. The first kappa shape index (κ1) is 25.4. The zero-order valence-electron chi connectivity index (χ0n) is 20.6. The van der Waals surface area contributed by atoms with Gasteiger partial charge in [0.05, 0.1) is 6.54 Å². The van der Waals surface area contributed by atoms with Crippen LogP contribution in [0.4, 0.5) is 3.89 Å². The van der Waals surface area contributed by atoms with Crippen LogP contribution in [0.5, 0.6) is 0 Å². The highest BCUT2D eigenvalue weighted by atomic mass is 32.2. The summed E-state index contributed by atoms with van der Waals surface area (Å²) in [5, 5.41) is 0.682. The van der Waals surface area contributed by atoms with Crippen molar-refractivity contribution in [3.05, 3.63) is 70.9 Å². The van der Waals surface area contributed by atoms with Crippen LogP contribution >= 0.6 is 23.9 Å². The van der Waals surface area contributed by atoms with Crippen molar-refractivity contribution in [1.82, 2.24) is 23.5 Å². The molecule has 1 saturated heterocycles. The number of rotatable bonds is 6. The van der Waals surface area contributed by atoms with E-state index in [9.17, 15) is 23.1 Å². The second-order valence-electron chi connectivity index (χ2n) is 9.44. The Hall–Kier alpha value is -3.90. The van der Waals surface area contributed by atoms with Crippen LogP contribution in [0.25, 0.3) is 22.5 Å². The lowest BCUT2D eigenvalue weighted by molar-refractivity contribution is -0.154. The Morgan fingerprint density at radius 1 is 0.949 bits per heavy atom. The van der Waals surface area contributed by atoms with E-state index < -0.39 is 42.0 Å². The third-order valence-electron chi connectivity index (χ3n) is 7.10. The van der Waals surface area contributed by atoms with Crippen LogP contribution in [0, 0.1) is 0 Å². The summed E-state index contributed by atoms with van der Waals surface area (Å²) in [7, 11) is 0. The molecule has 1 aromatic heterocycles. The maximum absolute atomic E-state index is 13.5. The first-order chi connectivity index (χ1) is 19.0. The summed E-state index contributed by atoms with van der Waals surface area (Å²) in [6.45, 7) is 0.818. The molecule has 0 aliphatic carbocycles. The van der Waals surface area contributed by atoms with Crippen molar-refractivity contribution in [3.63, 3.8) is 0 Å². The van der Waals surface area contributed by atoms with Crippen LogP contribution < -0.4 is 0 Å². The third kappa shape index (κ3) is 4.53. The van der Waals surface area contributed by atoms with Crippen molar-refractivity contribution in [2.45, 2.75) is 38.3 Å². The van der Waals surface area contributed by atoms with Gasteiger partial charge in [0.2, 0.25) is 5.91 Å². The predicted molar refractivity (Wildman–Crippen MR) is 143 cm³/mol. The van der Waals surface area contributed by atoms with E-state index >= 15 is 0 Å². The average molecular weight is 564 g/mol. The van der Waals surface area contributed by atoms with E-state index in [0.29, 0.717) is 40.1 Å². The minimum atomic E-state index is -1.21. The maximum Gasteiger partial charge on any atom is 0.278 e. The van der Waals surface area contributed by atoms with Crippen LogP contribution in [0.3, 0.4) is 0 Å². The normalized spacial score (nSPS) is 19.8. The topological polar surface area (TPSA) is 104 Å². The van der Waals surface area contributed by atoms with Crippen LogP contribution in [0.15, 0.2) is 65.9 Å². The van der Waals surface area contributed by atoms with Gasteiger partial charge in [0.25, 0.3) is 17.7 Å². The van der Waals surface area contributed by atoms with Crippen molar-refractivity contribution in [2.24, 2.45) is 0 Å². The molecule has 0 N–H and O–H groups in total. The fourth-order valence-electron chi connectivity index (χ4n) is 5.26. The van der Waals surface area contributed by atoms with Gasteiger partial charge in [-0.25, -0.2) is 4.98 Å². The highest BCUT2D eigenvalue weighted by Gasteiger charge is 2.50. The van der Waals surface area contributed by atoms with Crippen molar-refractivity contribution < 1.29 is 23.1 Å². The molecule has 39 heavy (non-hydrogen) atoms. The Bertz CT molecular complexity index is 1530. The minimum Gasteiger partial charge on any atom is -0.360 e. The molecule has 0 bridgehead atoms. The van der Waals surface area contributed by atoms with E-state index in [1.54, 1.807) is 0 Å². The van der Waals surface area contributed by atoms with E-state index in [0.717, 1.165) is 21.6 Å². The standard InChI is InChI=1S/C27H22FN5O4S2/c28-39-33-22(34)12-11-20(26(33)36)32-25(35)19-10-5-13-31(23(19)27(32)37)15-21-29-24(30-38-21)18-9-4-8-17(14-18)16-6-2-1-3-7-16/h1-4,6-9,14,20H,5,10-13,15H2. The quantitative estimate of drug-likeness (QED) is 0.326.